The van der Waals surface area contributed by atoms with Gasteiger partial charge in [0.2, 0.25) is 5.95 Å². The Kier molecular flexibility index (Phi) is 6.20. The molecule has 24 heavy (non-hydrogen) atoms. The normalized spacial score (nSPS) is 18.0. The minimum Gasteiger partial charge on any atom is -0.467 e. The molecule has 0 spiro atoms. The maximum Gasteiger partial charge on any atom is 0.223 e. The minimum absolute atomic E-state index is 0. The summed E-state index contributed by atoms with van der Waals surface area (Å²) in [6, 6.07) is 3.66. The Balaban J connectivity index is 0.00000208. The van der Waals surface area contributed by atoms with Gasteiger partial charge in [0, 0.05) is 18.7 Å². The van der Waals surface area contributed by atoms with Crippen LogP contribution in [0.2, 0.25) is 0 Å². The zero-order chi connectivity index (χ0) is 16.3. The van der Waals surface area contributed by atoms with Crippen molar-refractivity contribution in [1.82, 2.24) is 15.3 Å². The summed E-state index contributed by atoms with van der Waals surface area (Å²) in [5.41, 5.74) is 0.594. The zero-order valence-corrected chi connectivity index (χ0v) is 15.0. The van der Waals surface area contributed by atoms with Crippen LogP contribution in [-0.4, -0.2) is 37.7 Å². The van der Waals surface area contributed by atoms with Crippen LogP contribution in [0.4, 0.5) is 5.95 Å². The first-order chi connectivity index (χ1) is 11.0. The molecule has 2 aromatic heterocycles. The number of anilines is 1. The molecular weight excluding hydrogens is 352 g/mol. The van der Waals surface area contributed by atoms with Crippen LogP contribution in [0.3, 0.4) is 0 Å². The molecule has 1 unspecified atom stereocenters. The minimum atomic E-state index is -3.36. The van der Waals surface area contributed by atoms with Crippen molar-refractivity contribution in [3.63, 3.8) is 0 Å². The van der Waals surface area contributed by atoms with Gasteiger partial charge < -0.3 is 15.1 Å². The fourth-order valence-corrected chi connectivity index (χ4v) is 3.55. The van der Waals surface area contributed by atoms with Gasteiger partial charge >= 0.3 is 0 Å². The molecule has 3 rings (SSSR count). The Morgan fingerprint density at radius 2 is 2.29 bits per heavy atom. The molecule has 1 aliphatic rings. The highest BCUT2D eigenvalue weighted by atomic mass is 35.5. The van der Waals surface area contributed by atoms with Crippen molar-refractivity contribution in [2.45, 2.75) is 30.2 Å². The number of halogens is 1. The summed E-state index contributed by atoms with van der Waals surface area (Å²) in [5.74, 6) is 1.26. The Labute approximate surface area is 147 Å². The Hall–Kier alpha value is -1.64. The Morgan fingerprint density at radius 3 is 2.92 bits per heavy atom. The fourth-order valence-electron chi connectivity index (χ4n) is 2.71. The molecule has 0 amide bonds. The second-order valence-electron chi connectivity index (χ2n) is 5.69. The lowest BCUT2D eigenvalue weighted by molar-refractivity contribution is 0.448. The molecule has 0 aliphatic carbocycles. The fraction of sp³-hybridized carbons (Fsp3) is 0.467. The topological polar surface area (TPSA) is 97.1 Å². The monoisotopic (exact) mass is 372 g/mol. The molecule has 3 heterocycles. The zero-order valence-electron chi connectivity index (χ0n) is 13.4. The number of hydrogen-bond donors (Lipinski definition) is 2. The van der Waals surface area contributed by atoms with Crippen molar-refractivity contribution in [1.29, 1.82) is 0 Å². The molecule has 2 aromatic rings. The van der Waals surface area contributed by atoms with E-state index in [1.807, 2.05) is 12.1 Å². The van der Waals surface area contributed by atoms with Gasteiger partial charge in [-0.25, -0.2) is 18.4 Å². The molecule has 1 fully saturated rings. The van der Waals surface area contributed by atoms with E-state index in [9.17, 15) is 8.42 Å². The van der Waals surface area contributed by atoms with E-state index < -0.39 is 9.84 Å². The molecule has 0 bridgehead atoms. The number of furan rings is 1. The van der Waals surface area contributed by atoms with Gasteiger partial charge in [0.1, 0.15) is 10.7 Å². The predicted molar refractivity (Wildman–Crippen MR) is 93.3 cm³/mol. The molecule has 2 N–H and O–H groups in total. The summed E-state index contributed by atoms with van der Waals surface area (Å²) in [5, 5.41) is 6.37. The first kappa shape index (κ1) is 18.7. The van der Waals surface area contributed by atoms with Gasteiger partial charge in [-0.2, -0.15) is 0 Å². The second-order valence-corrected chi connectivity index (χ2v) is 7.68. The van der Waals surface area contributed by atoms with Gasteiger partial charge in [0.15, 0.2) is 9.84 Å². The molecule has 1 saturated heterocycles. The predicted octanol–water partition coefficient (Wildman–Crippen LogP) is 1.97. The highest BCUT2D eigenvalue weighted by Gasteiger charge is 2.25. The average Bonchev–Trinajstić information content (AvgIpc) is 3.06. The average molecular weight is 373 g/mol. The first-order valence-corrected chi connectivity index (χ1v) is 9.47. The van der Waals surface area contributed by atoms with Crippen LogP contribution >= 0.6 is 12.4 Å². The number of nitrogens with one attached hydrogen (secondary N) is 2. The molecule has 0 aromatic carbocycles. The lowest BCUT2D eigenvalue weighted by Crippen LogP contribution is -2.30. The lowest BCUT2D eigenvalue weighted by Gasteiger charge is -2.24. The summed E-state index contributed by atoms with van der Waals surface area (Å²) in [7, 11) is -3.36. The smallest absolute Gasteiger partial charge is 0.223 e. The van der Waals surface area contributed by atoms with Crippen molar-refractivity contribution in [2.24, 2.45) is 0 Å². The van der Waals surface area contributed by atoms with Crippen molar-refractivity contribution >= 4 is 28.2 Å². The molecule has 132 valence electrons. The van der Waals surface area contributed by atoms with Crippen LogP contribution in [0, 0.1) is 0 Å². The van der Waals surface area contributed by atoms with Crippen LogP contribution in [0.1, 0.15) is 30.2 Å². The van der Waals surface area contributed by atoms with Gasteiger partial charge in [-0.3, -0.25) is 0 Å². The summed E-state index contributed by atoms with van der Waals surface area (Å²) < 4.78 is 29.3. The third-order valence-corrected chi connectivity index (χ3v) is 4.98. The summed E-state index contributed by atoms with van der Waals surface area (Å²) in [6.45, 7) is 2.14. The summed E-state index contributed by atoms with van der Waals surface area (Å²) >= 11 is 0. The summed E-state index contributed by atoms with van der Waals surface area (Å²) in [4.78, 5) is 8.83. The number of rotatable bonds is 5. The van der Waals surface area contributed by atoms with Gasteiger partial charge in [0.25, 0.3) is 0 Å². The Morgan fingerprint density at radius 1 is 1.46 bits per heavy atom. The van der Waals surface area contributed by atoms with E-state index in [1.165, 1.54) is 12.5 Å². The van der Waals surface area contributed by atoms with E-state index in [4.69, 9.17) is 4.42 Å². The van der Waals surface area contributed by atoms with Crippen LogP contribution in [-0.2, 0) is 16.4 Å². The molecule has 0 saturated carbocycles. The van der Waals surface area contributed by atoms with E-state index >= 15 is 0 Å². The third kappa shape index (κ3) is 4.46. The van der Waals surface area contributed by atoms with E-state index in [2.05, 4.69) is 20.6 Å². The van der Waals surface area contributed by atoms with E-state index in [0.717, 1.165) is 31.7 Å². The van der Waals surface area contributed by atoms with E-state index in [1.54, 1.807) is 6.26 Å². The van der Waals surface area contributed by atoms with Crippen LogP contribution in [0.15, 0.2) is 33.9 Å². The van der Waals surface area contributed by atoms with Gasteiger partial charge in [-0.1, -0.05) is 0 Å². The van der Waals surface area contributed by atoms with E-state index in [0.29, 0.717) is 18.2 Å². The van der Waals surface area contributed by atoms with Gasteiger partial charge in [0.05, 0.1) is 24.7 Å². The highest BCUT2D eigenvalue weighted by molar-refractivity contribution is 7.90. The molecule has 9 heteroatoms. The van der Waals surface area contributed by atoms with Gasteiger partial charge in [-0.05, 0) is 31.5 Å². The lowest BCUT2D eigenvalue weighted by atomic mass is 9.96. The number of aromatic nitrogens is 2. The van der Waals surface area contributed by atoms with Crippen LogP contribution in [0.25, 0.3) is 0 Å². The maximum atomic E-state index is 12.0. The van der Waals surface area contributed by atoms with Crippen LogP contribution in [0.5, 0.6) is 0 Å². The molecular formula is C15H21ClN4O3S. The maximum absolute atomic E-state index is 12.0. The number of piperidine rings is 1. The second kappa shape index (κ2) is 7.96. The first-order valence-electron chi connectivity index (χ1n) is 7.58. The number of sulfone groups is 1. The molecule has 1 aliphatic heterocycles. The van der Waals surface area contributed by atoms with Crippen molar-refractivity contribution < 1.29 is 12.8 Å². The SMILES string of the molecule is CS(=O)(=O)c1cnc(NCc2ccco2)nc1C1CCCNC1.Cl. The standard InChI is InChI=1S/C15H20N4O3S.ClH/c1-23(20,21)13-10-18-15(17-9-12-5-3-7-22-12)19-14(13)11-4-2-6-16-8-11;/h3,5,7,10-11,16H,2,4,6,8-9H2,1H3,(H,17,18,19);1H. The summed E-state index contributed by atoms with van der Waals surface area (Å²) in [6.07, 6.45) is 6.12. The largest absolute Gasteiger partial charge is 0.467 e. The van der Waals surface area contributed by atoms with Crippen molar-refractivity contribution in [3.05, 3.63) is 36.0 Å². The van der Waals surface area contributed by atoms with E-state index in [-0.39, 0.29) is 23.2 Å². The quantitative estimate of drug-likeness (QED) is 0.828. The Bertz CT molecular complexity index is 759. The van der Waals surface area contributed by atoms with Crippen molar-refractivity contribution in [2.75, 3.05) is 24.7 Å². The number of hydrogen-bond acceptors (Lipinski definition) is 7. The third-order valence-electron chi connectivity index (χ3n) is 3.87. The van der Waals surface area contributed by atoms with Crippen molar-refractivity contribution in [3.8, 4) is 0 Å². The molecule has 7 nitrogen and oxygen atoms in total. The van der Waals surface area contributed by atoms with Crippen LogP contribution < -0.4 is 10.6 Å². The van der Waals surface area contributed by atoms with Gasteiger partial charge in [-0.15, -0.1) is 12.4 Å². The molecule has 1 atom stereocenters. The molecule has 0 radical (unpaired) electrons. The number of nitrogens with zero attached hydrogens (tertiary/aromatic N) is 2. The highest BCUT2D eigenvalue weighted by Crippen LogP contribution is 2.27.